The first-order valence-electron chi connectivity index (χ1n) is 9.94. The van der Waals surface area contributed by atoms with Crippen LogP contribution in [0.2, 0.25) is 0 Å². The molecule has 7 N–H and O–H groups in total. The van der Waals surface area contributed by atoms with Gasteiger partial charge in [0.1, 0.15) is 49.3 Å². The molecule has 0 saturated carbocycles. The summed E-state index contributed by atoms with van der Waals surface area (Å²) in [6.45, 7) is 3.19. The Morgan fingerprint density at radius 1 is 0.871 bits per heavy atom. The molecule has 2 aliphatic heterocycles. The first-order chi connectivity index (χ1) is 14.5. The minimum Gasteiger partial charge on any atom is -0.480 e. The third-order valence-corrected chi connectivity index (χ3v) is 5.39. The van der Waals surface area contributed by atoms with Crippen molar-refractivity contribution in [2.24, 2.45) is 0 Å². The summed E-state index contributed by atoms with van der Waals surface area (Å²) < 4.78 is 27.0. The van der Waals surface area contributed by atoms with Gasteiger partial charge in [-0.05, 0) is 20.8 Å². The number of ether oxygens (including phenoxy) is 5. The molecule has 12 atom stereocenters. The van der Waals surface area contributed by atoms with Gasteiger partial charge >= 0.3 is 5.97 Å². The van der Waals surface area contributed by atoms with E-state index < -0.39 is 92.8 Å². The fourth-order valence-corrected chi connectivity index (χ4v) is 3.30. The molecule has 182 valence electrons. The molecule has 0 aliphatic carbocycles. The average molecular weight is 456 g/mol. The van der Waals surface area contributed by atoms with Gasteiger partial charge in [-0.25, -0.2) is 4.79 Å². The maximum atomic E-state index is 10.8. The number of hydrogen-bond acceptors (Lipinski definition) is 12. The van der Waals surface area contributed by atoms with Crippen molar-refractivity contribution in [2.45, 2.75) is 94.4 Å². The van der Waals surface area contributed by atoms with Gasteiger partial charge in [0.15, 0.2) is 12.6 Å². The second-order valence-electron chi connectivity index (χ2n) is 7.74. The van der Waals surface area contributed by atoms with E-state index in [-0.39, 0.29) is 0 Å². The number of carbonyl (C=O) groups is 1. The molecule has 13 heteroatoms. The van der Waals surface area contributed by atoms with E-state index >= 15 is 0 Å². The highest BCUT2D eigenvalue weighted by atomic mass is 16.7. The van der Waals surface area contributed by atoms with Crippen LogP contribution in [0.5, 0.6) is 0 Å². The maximum absolute atomic E-state index is 10.8. The van der Waals surface area contributed by atoms with E-state index in [2.05, 4.69) is 0 Å². The molecule has 0 radical (unpaired) electrons. The molecule has 31 heavy (non-hydrogen) atoms. The molecule has 0 bridgehead atoms. The smallest absolute Gasteiger partial charge is 0.329 e. The van der Waals surface area contributed by atoms with Crippen LogP contribution in [0.15, 0.2) is 0 Å². The Labute approximate surface area is 178 Å². The number of aliphatic carboxylic acids is 1. The molecule has 2 fully saturated rings. The van der Waals surface area contributed by atoms with Gasteiger partial charge in [-0.2, -0.15) is 0 Å². The second kappa shape index (κ2) is 11.2. The average Bonchev–Trinajstić information content (AvgIpc) is 2.71. The van der Waals surface area contributed by atoms with Crippen LogP contribution in [0, 0.1) is 0 Å². The Balaban J connectivity index is 2.00. The van der Waals surface area contributed by atoms with Crippen molar-refractivity contribution in [3.05, 3.63) is 0 Å². The van der Waals surface area contributed by atoms with Crippen molar-refractivity contribution in [3.8, 4) is 0 Å². The van der Waals surface area contributed by atoms with Gasteiger partial charge in [-0.3, -0.25) is 0 Å². The highest BCUT2D eigenvalue weighted by Crippen LogP contribution is 2.27. The summed E-state index contributed by atoms with van der Waals surface area (Å²) in [5.74, 6) is -1.31. The lowest BCUT2D eigenvalue weighted by molar-refractivity contribution is -0.337. The molecule has 0 aromatic heterocycles. The summed E-state index contributed by atoms with van der Waals surface area (Å²) in [7, 11) is 0. The summed E-state index contributed by atoms with van der Waals surface area (Å²) in [4.78, 5) is 10.8. The Kier molecular flexibility index (Phi) is 9.54. The zero-order valence-electron chi connectivity index (χ0n) is 17.4. The molecule has 0 amide bonds. The Hall–Kier alpha value is -0.970. The summed E-state index contributed by atoms with van der Waals surface area (Å²) in [5.41, 5.74) is 0. The quantitative estimate of drug-likeness (QED) is 0.180. The van der Waals surface area contributed by atoms with Crippen LogP contribution >= 0.6 is 0 Å². The predicted molar refractivity (Wildman–Crippen MR) is 98.6 cm³/mol. The second-order valence-corrected chi connectivity index (χ2v) is 7.74. The first-order valence-corrected chi connectivity index (χ1v) is 9.94. The van der Waals surface area contributed by atoms with E-state index in [1.165, 1.54) is 6.92 Å². The van der Waals surface area contributed by atoms with E-state index in [9.17, 15) is 35.4 Å². The first kappa shape index (κ1) is 26.3. The minimum absolute atomic E-state index is 0.638. The van der Waals surface area contributed by atoms with E-state index in [0.29, 0.717) is 0 Å². The number of rotatable bonds is 9. The zero-order chi connectivity index (χ0) is 23.5. The highest BCUT2D eigenvalue weighted by Gasteiger charge is 2.47. The number of carboxylic acids is 1. The van der Waals surface area contributed by atoms with Crippen LogP contribution in [0.4, 0.5) is 0 Å². The van der Waals surface area contributed by atoms with Crippen LogP contribution in [0.1, 0.15) is 20.8 Å². The molecule has 0 spiro atoms. The van der Waals surface area contributed by atoms with Gasteiger partial charge in [0.2, 0.25) is 0 Å². The van der Waals surface area contributed by atoms with Crippen LogP contribution in [0.25, 0.3) is 0 Å². The molecule has 0 aromatic carbocycles. The topological polar surface area (TPSA) is 205 Å². The standard InChI is InChI=1S/C18H32O13/c1-6(28-17-14(25)13(24)11(22)8(3)30-17)7(2)29-18-15(26)16(27-5-10(20)21)12(23)9(4-19)31-18/h6-9,11-19,22-26H,4-5H2,1-3H3,(H,20,21). The van der Waals surface area contributed by atoms with Gasteiger partial charge < -0.3 is 59.4 Å². The SMILES string of the molecule is CC(OC1OC(C)C(O)C(O)C1O)C(C)OC1OC(CO)C(O)C(OCC(=O)O)C1O. The van der Waals surface area contributed by atoms with Crippen molar-refractivity contribution in [3.63, 3.8) is 0 Å². The summed E-state index contributed by atoms with van der Waals surface area (Å²) in [5, 5.41) is 68.5. The van der Waals surface area contributed by atoms with E-state index in [4.69, 9.17) is 28.8 Å². The summed E-state index contributed by atoms with van der Waals surface area (Å²) >= 11 is 0. The molecule has 2 rings (SSSR count). The fourth-order valence-electron chi connectivity index (χ4n) is 3.30. The lowest BCUT2D eigenvalue weighted by Crippen LogP contribution is -2.61. The molecule has 2 aliphatic rings. The predicted octanol–water partition coefficient (Wildman–Crippen LogP) is -3.47. The molecule has 2 saturated heterocycles. The highest BCUT2D eigenvalue weighted by molar-refractivity contribution is 5.68. The lowest BCUT2D eigenvalue weighted by atomic mass is 9.99. The van der Waals surface area contributed by atoms with E-state index in [1.54, 1.807) is 13.8 Å². The molecular formula is C18H32O13. The van der Waals surface area contributed by atoms with E-state index in [1.807, 2.05) is 0 Å². The van der Waals surface area contributed by atoms with Gasteiger partial charge in [-0.15, -0.1) is 0 Å². The molecule has 12 unspecified atom stereocenters. The zero-order valence-corrected chi connectivity index (χ0v) is 17.4. The van der Waals surface area contributed by atoms with Crippen molar-refractivity contribution in [1.29, 1.82) is 0 Å². The van der Waals surface area contributed by atoms with Crippen molar-refractivity contribution >= 4 is 5.97 Å². The normalized spacial score (nSPS) is 43.4. The number of carboxylic acid groups (broad SMARTS) is 1. The van der Waals surface area contributed by atoms with Gasteiger partial charge in [0.25, 0.3) is 0 Å². The van der Waals surface area contributed by atoms with Crippen LogP contribution in [-0.4, -0.2) is 129 Å². The van der Waals surface area contributed by atoms with Gasteiger partial charge in [0, 0.05) is 0 Å². The summed E-state index contributed by atoms with van der Waals surface area (Å²) in [6, 6.07) is 0. The fraction of sp³-hybridized carbons (Fsp3) is 0.944. The minimum atomic E-state index is -1.58. The summed E-state index contributed by atoms with van der Waals surface area (Å²) in [6.07, 6.45) is -15.0. The third-order valence-electron chi connectivity index (χ3n) is 5.39. The molecule has 13 nitrogen and oxygen atoms in total. The third kappa shape index (κ3) is 6.30. The monoisotopic (exact) mass is 456 g/mol. The van der Waals surface area contributed by atoms with Crippen molar-refractivity contribution < 1.29 is 64.2 Å². The Bertz CT molecular complexity index is 577. The van der Waals surface area contributed by atoms with Crippen LogP contribution in [-0.2, 0) is 28.5 Å². The molecular weight excluding hydrogens is 424 g/mol. The maximum Gasteiger partial charge on any atom is 0.329 e. The molecule has 0 aromatic rings. The number of hydrogen-bond donors (Lipinski definition) is 7. The molecule has 2 heterocycles. The van der Waals surface area contributed by atoms with Gasteiger partial charge in [-0.1, -0.05) is 0 Å². The largest absolute Gasteiger partial charge is 0.480 e. The van der Waals surface area contributed by atoms with E-state index in [0.717, 1.165) is 0 Å². The van der Waals surface area contributed by atoms with Crippen LogP contribution < -0.4 is 0 Å². The number of aliphatic hydroxyl groups is 6. The lowest BCUT2D eigenvalue weighted by Gasteiger charge is -2.43. The Morgan fingerprint density at radius 2 is 1.42 bits per heavy atom. The Morgan fingerprint density at radius 3 is 1.94 bits per heavy atom. The van der Waals surface area contributed by atoms with Crippen LogP contribution in [0.3, 0.4) is 0 Å². The van der Waals surface area contributed by atoms with Crippen molar-refractivity contribution in [2.75, 3.05) is 13.2 Å². The van der Waals surface area contributed by atoms with Crippen molar-refractivity contribution in [1.82, 2.24) is 0 Å². The van der Waals surface area contributed by atoms with Gasteiger partial charge in [0.05, 0.1) is 24.9 Å². The number of aliphatic hydroxyl groups excluding tert-OH is 6.